The van der Waals surface area contributed by atoms with Crippen molar-refractivity contribution in [3.63, 3.8) is 0 Å². The van der Waals surface area contributed by atoms with E-state index in [0.717, 1.165) is 0 Å². The zero-order chi connectivity index (χ0) is 13.3. The number of aliphatic carboxylic acids is 1. The van der Waals surface area contributed by atoms with Crippen LogP contribution in [0.1, 0.15) is 26.2 Å². The van der Waals surface area contributed by atoms with Crippen molar-refractivity contribution in [3.05, 3.63) is 0 Å². The lowest BCUT2D eigenvalue weighted by molar-refractivity contribution is -0.143. The highest BCUT2D eigenvalue weighted by molar-refractivity contribution is 5.85. The minimum absolute atomic E-state index is 0.211. The van der Waals surface area contributed by atoms with Crippen LogP contribution in [0, 0.1) is 0 Å². The van der Waals surface area contributed by atoms with Gasteiger partial charge in [0.1, 0.15) is 0 Å². The SMILES string of the molecule is CCOC(=O)CCCNC(=O)C(N)CC(=O)O. The summed E-state index contributed by atoms with van der Waals surface area (Å²) in [5.74, 6) is -1.98. The largest absolute Gasteiger partial charge is 0.481 e. The molecule has 0 rings (SSSR count). The van der Waals surface area contributed by atoms with Crippen molar-refractivity contribution < 1.29 is 24.2 Å². The Hall–Kier alpha value is -1.63. The number of carbonyl (C=O) groups excluding carboxylic acids is 2. The molecule has 4 N–H and O–H groups in total. The smallest absolute Gasteiger partial charge is 0.305 e. The van der Waals surface area contributed by atoms with E-state index in [1.807, 2.05) is 0 Å². The third-order valence-electron chi connectivity index (χ3n) is 1.89. The Bertz CT molecular complexity index is 280. The maximum Gasteiger partial charge on any atom is 0.305 e. The van der Waals surface area contributed by atoms with Gasteiger partial charge < -0.3 is 20.9 Å². The highest BCUT2D eigenvalue weighted by Gasteiger charge is 2.16. The fourth-order valence-electron chi connectivity index (χ4n) is 1.09. The van der Waals surface area contributed by atoms with Gasteiger partial charge in [0.25, 0.3) is 0 Å². The summed E-state index contributed by atoms with van der Waals surface area (Å²) in [5.41, 5.74) is 5.32. The number of nitrogens with one attached hydrogen (secondary N) is 1. The van der Waals surface area contributed by atoms with E-state index in [0.29, 0.717) is 13.0 Å². The molecule has 7 nitrogen and oxygen atoms in total. The van der Waals surface area contributed by atoms with Crippen LogP contribution >= 0.6 is 0 Å². The lowest BCUT2D eigenvalue weighted by atomic mass is 10.2. The fourth-order valence-corrected chi connectivity index (χ4v) is 1.09. The number of ether oxygens (including phenoxy) is 1. The van der Waals surface area contributed by atoms with E-state index in [4.69, 9.17) is 15.6 Å². The van der Waals surface area contributed by atoms with Gasteiger partial charge in [0, 0.05) is 13.0 Å². The molecular weight excluding hydrogens is 228 g/mol. The van der Waals surface area contributed by atoms with Crippen molar-refractivity contribution in [2.75, 3.05) is 13.2 Å². The Balaban J connectivity index is 3.64. The van der Waals surface area contributed by atoms with E-state index in [-0.39, 0.29) is 18.9 Å². The molecule has 7 heteroatoms. The molecule has 0 aliphatic rings. The van der Waals surface area contributed by atoms with Gasteiger partial charge in [0.15, 0.2) is 0 Å². The average Bonchev–Trinajstić information content (AvgIpc) is 2.23. The lowest BCUT2D eigenvalue weighted by Gasteiger charge is -2.09. The number of hydrogen-bond acceptors (Lipinski definition) is 5. The summed E-state index contributed by atoms with van der Waals surface area (Å²) in [6.07, 6.45) is 0.233. The second-order valence-electron chi connectivity index (χ2n) is 3.40. The minimum Gasteiger partial charge on any atom is -0.481 e. The molecule has 0 saturated heterocycles. The normalized spacial score (nSPS) is 11.6. The van der Waals surface area contributed by atoms with Gasteiger partial charge >= 0.3 is 11.9 Å². The third kappa shape index (κ3) is 8.21. The summed E-state index contributed by atoms with van der Waals surface area (Å²) < 4.78 is 4.69. The average molecular weight is 246 g/mol. The number of amides is 1. The van der Waals surface area contributed by atoms with Crippen molar-refractivity contribution in [1.29, 1.82) is 0 Å². The standard InChI is InChI=1S/C10H18N2O5/c1-2-17-9(15)4-3-5-12-10(16)7(11)6-8(13)14/h7H,2-6,11H2,1H3,(H,12,16)(H,13,14). The molecule has 98 valence electrons. The predicted octanol–water partition coefficient (Wildman–Crippen LogP) is -0.752. The van der Waals surface area contributed by atoms with Gasteiger partial charge in [-0.25, -0.2) is 0 Å². The summed E-state index contributed by atoms with van der Waals surface area (Å²) in [7, 11) is 0. The summed E-state index contributed by atoms with van der Waals surface area (Å²) in [5, 5.41) is 10.9. The molecule has 0 fully saturated rings. The molecule has 0 aromatic rings. The summed E-state index contributed by atoms with van der Waals surface area (Å²) in [4.78, 5) is 32.4. The van der Waals surface area contributed by atoms with Crippen LogP contribution in [0.4, 0.5) is 0 Å². The van der Waals surface area contributed by atoms with Gasteiger partial charge in [0.2, 0.25) is 5.91 Å². The number of esters is 1. The first-order valence-electron chi connectivity index (χ1n) is 5.38. The Labute approximate surface area is 99.3 Å². The second kappa shape index (κ2) is 8.51. The van der Waals surface area contributed by atoms with E-state index < -0.39 is 24.3 Å². The molecule has 1 unspecified atom stereocenters. The Morgan fingerprint density at radius 1 is 1.41 bits per heavy atom. The Kier molecular flexibility index (Phi) is 7.70. The number of carboxylic acids is 1. The quantitative estimate of drug-likeness (QED) is 0.383. The van der Waals surface area contributed by atoms with Crippen LogP contribution in [-0.2, 0) is 19.1 Å². The maximum absolute atomic E-state index is 11.2. The number of hydrogen-bond donors (Lipinski definition) is 3. The molecule has 0 radical (unpaired) electrons. The van der Waals surface area contributed by atoms with E-state index in [1.54, 1.807) is 6.92 Å². The Morgan fingerprint density at radius 2 is 2.06 bits per heavy atom. The van der Waals surface area contributed by atoms with Crippen molar-refractivity contribution in [2.24, 2.45) is 5.73 Å². The van der Waals surface area contributed by atoms with Crippen LogP contribution < -0.4 is 11.1 Å². The monoisotopic (exact) mass is 246 g/mol. The first-order valence-corrected chi connectivity index (χ1v) is 5.38. The van der Waals surface area contributed by atoms with Crippen molar-refractivity contribution in [2.45, 2.75) is 32.2 Å². The fraction of sp³-hybridized carbons (Fsp3) is 0.700. The first-order chi connectivity index (χ1) is 7.97. The van der Waals surface area contributed by atoms with Crippen LogP contribution in [0.25, 0.3) is 0 Å². The second-order valence-corrected chi connectivity index (χ2v) is 3.40. The van der Waals surface area contributed by atoms with E-state index in [1.165, 1.54) is 0 Å². The molecule has 0 spiro atoms. The first kappa shape index (κ1) is 15.4. The van der Waals surface area contributed by atoms with Gasteiger partial charge in [-0.05, 0) is 13.3 Å². The molecule has 1 atom stereocenters. The molecule has 1 amide bonds. The van der Waals surface area contributed by atoms with E-state index >= 15 is 0 Å². The van der Waals surface area contributed by atoms with E-state index in [2.05, 4.69) is 5.32 Å². The molecule has 0 saturated carbocycles. The van der Waals surface area contributed by atoms with Gasteiger partial charge in [-0.15, -0.1) is 0 Å². The molecule has 0 bridgehead atoms. The molecule has 0 aliphatic carbocycles. The van der Waals surface area contributed by atoms with Crippen LogP contribution in [0.3, 0.4) is 0 Å². The summed E-state index contributed by atoms with van der Waals surface area (Å²) in [6.45, 7) is 2.31. The molecule has 0 aliphatic heterocycles. The van der Waals surface area contributed by atoms with Crippen molar-refractivity contribution in [1.82, 2.24) is 5.32 Å². The highest BCUT2D eigenvalue weighted by Crippen LogP contribution is 1.93. The maximum atomic E-state index is 11.2. The summed E-state index contributed by atoms with van der Waals surface area (Å²) in [6, 6.07) is -1.06. The zero-order valence-corrected chi connectivity index (χ0v) is 9.77. The number of rotatable bonds is 8. The van der Waals surface area contributed by atoms with Gasteiger partial charge in [-0.3, -0.25) is 14.4 Å². The highest BCUT2D eigenvalue weighted by atomic mass is 16.5. The van der Waals surface area contributed by atoms with Gasteiger partial charge in [-0.2, -0.15) is 0 Å². The molecular formula is C10H18N2O5. The number of carbonyl (C=O) groups is 3. The molecule has 0 aromatic carbocycles. The van der Waals surface area contributed by atoms with Crippen LogP contribution in [0.2, 0.25) is 0 Å². The number of carboxylic acid groups (broad SMARTS) is 1. The van der Waals surface area contributed by atoms with Gasteiger partial charge in [0.05, 0.1) is 19.1 Å². The zero-order valence-electron chi connectivity index (χ0n) is 9.77. The van der Waals surface area contributed by atoms with Crippen molar-refractivity contribution >= 4 is 17.8 Å². The number of nitrogens with two attached hydrogens (primary N) is 1. The molecule has 0 aromatic heterocycles. The third-order valence-corrected chi connectivity index (χ3v) is 1.89. The Morgan fingerprint density at radius 3 is 2.59 bits per heavy atom. The van der Waals surface area contributed by atoms with Crippen LogP contribution in [-0.4, -0.2) is 42.1 Å². The van der Waals surface area contributed by atoms with Crippen LogP contribution in [0.15, 0.2) is 0 Å². The minimum atomic E-state index is -1.13. The van der Waals surface area contributed by atoms with Gasteiger partial charge in [-0.1, -0.05) is 0 Å². The van der Waals surface area contributed by atoms with E-state index in [9.17, 15) is 14.4 Å². The molecule has 17 heavy (non-hydrogen) atoms. The predicted molar refractivity (Wildman–Crippen MR) is 59.1 cm³/mol. The van der Waals surface area contributed by atoms with Crippen molar-refractivity contribution in [3.8, 4) is 0 Å². The lowest BCUT2D eigenvalue weighted by Crippen LogP contribution is -2.42. The summed E-state index contributed by atoms with van der Waals surface area (Å²) >= 11 is 0. The topological polar surface area (TPSA) is 119 Å². The van der Waals surface area contributed by atoms with Crippen LogP contribution in [0.5, 0.6) is 0 Å². The molecule has 0 heterocycles.